The van der Waals surface area contributed by atoms with Gasteiger partial charge in [0.2, 0.25) is 0 Å². The summed E-state index contributed by atoms with van der Waals surface area (Å²) in [6, 6.07) is 5.51. The Labute approximate surface area is 86.7 Å². The summed E-state index contributed by atoms with van der Waals surface area (Å²) in [5.41, 5.74) is 7.09. The molecule has 1 heterocycles. The Morgan fingerprint density at radius 3 is 2.73 bits per heavy atom. The van der Waals surface area contributed by atoms with Gasteiger partial charge in [0, 0.05) is 19.8 Å². The SMILES string of the molecule is COC(OC)c1ccc2c(N)noc2c1. The van der Waals surface area contributed by atoms with Crippen molar-refractivity contribution >= 4 is 16.8 Å². The molecule has 2 rings (SSSR count). The topological polar surface area (TPSA) is 70.5 Å². The van der Waals surface area contributed by atoms with Crippen LogP contribution in [0.25, 0.3) is 11.0 Å². The highest BCUT2D eigenvalue weighted by molar-refractivity contribution is 5.87. The number of hydrogen-bond acceptors (Lipinski definition) is 5. The first-order valence-electron chi connectivity index (χ1n) is 4.46. The van der Waals surface area contributed by atoms with E-state index in [4.69, 9.17) is 19.7 Å². The first-order valence-corrected chi connectivity index (χ1v) is 4.46. The maximum atomic E-state index is 5.60. The molecule has 15 heavy (non-hydrogen) atoms. The number of ether oxygens (including phenoxy) is 2. The van der Waals surface area contributed by atoms with E-state index in [0.717, 1.165) is 10.9 Å². The highest BCUT2D eigenvalue weighted by Gasteiger charge is 2.12. The second-order valence-corrected chi connectivity index (χ2v) is 3.13. The molecule has 2 N–H and O–H groups in total. The highest BCUT2D eigenvalue weighted by atomic mass is 16.7. The van der Waals surface area contributed by atoms with Crippen LogP contribution in [-0.2, 0) is 9.47 Å². The Morgan fingerprint density at radius 1 is 1.33 bits per heavy atom. The predicted octanol–water partition coefficient (Wildman–Crippen LogP) is 1.70. The maximum absolute atomic E-state index is 5.60. The molecule has 0 atom stereocenters. The normalized spacial score (nSPS) is 11.4. The van der Waals surface area contributed by atoms with E-state index in [1.807, 2.05) is 12.1 Å². The van der Waals surface area contributed by atoms with Crippen LogP contribution >= 0.6 is 0 Å². The summed E-state index contributed by atoms with van der Waals surface area (Å²) in [4.78, 5) is 0. The van der Waals surface area contributed by atoms with Crippen LogP contribution in [0.15, 0.2) is 22.7 Å². The number of benzene rings is 1. The lowest BCUT2D eigenvalue weighted by atomic mass is 10.1. The molecule has 1 aromatic heterocycles. The van der Waals surface area contributed by atoms with Crippen molar-refractivity contribution in [3.63, 3.8) is 0 Å². The van der Waals surface area contributed by atoms with Gasteiger partial charge in [-0.1, -0.05) is 11.2 Å². The largest absolute Gasteiger partial charge is 0.380 e. The Bertz CT molecular complexity index is 463. The van der Waals surface area contributed by atoms with Crippen molar-refractivity contribution in [2.24, 2.45) is 0 Å². The lowest BCUT2D eigenvalue weighted by molar-refractivity contribution is -0.105. The van der Waals surface area contributed by atoms with Crippen molar-refractivity contribution in [2.45, 2.75) is 6.29 Å². The number of nitrogens with two attached hydrogens (primary N) is 1. The lowest BCUT2D eigenvalue weighted by Crippen LogP contribution is -2.02. The van der Waals surface area contributed by atoms with Gasteiger partial charge in [0.15, 0.2) is 17.7 Å². The molecule has 0 amide bonds. The minimum atomic E-state index is -0.402. The van der Waals surface area contributed by atoms with Crippen molar-refractivity contribution in [1.29, 1.82) is 0 Å². The van der Waals surface area contributed by atoms with Crippen molar-refractivity contribution in [3.8, 4) is 0 Å². The number of fused-ring (bicyclic) bond motifs is 1. The Hall–Kier alpha value is -1.59. The van der Waals surface area contributed by atoms with Gasteiger partial charge >= 0.3 is 0 Å². The van der Waals surface area contributed by atoms with Crippen LogP contribution in [0, 0.1) is 0 Å². The lowest BCUT2D eigenvalue weighted by Gasteiger charge is -2.12. The molecule has 0 bridgehead atoms. The first-order chi connectivity index (χ1) is 7.26. The summed E-state index contributed by atoms with van der Waals surface area (Å²) in [6.45, 7) is 0. The third-order valence-electron chi connectivity index (χ3n) is 2.22. The van der Waals surface area contributed by atoms with Crippen LogP contribution in [0.4, 0.5) is 5.82 Å². The third kappa shape index (κ3) is 1.67. The summed E-state index contributed by atoms with van der Waals surface area (Å²) in [5, 5.41) is 4.47. The fourth-order valence-corrected chi connectivity index (χ4v) is 1.49. The summed E-state index contributed by atoms with van der Waals surface area (Å²) >= 11 is 0. The van der Waals surface area contributed by atoms with Crippen LogP contribution in [0.2, 0.25) is 0 Å². The number of methoxy groups -OCH3 is 2. The summed E-state index contributed by atoms with van der Waals surface area (Å²) in [6.07, 6.45) is -0.402. The van der Waals surface area contributed by atoms with Crippen molar-refractivity contribution in [1.82, 2.24) is 5.16 Å². The van der Waals surface area contributed by atoms with E-state index in [-0.39, 0.29) is 0 Å². The third-order valence-corrected chi connectivity index (χ3v) is 2.22. The van der Waals surface area contributed by atoms with Gasteiger partial charge in [-0.2, -0.15) is 0 Å². The molecule has 0 spiro atoms. The second-order valence-electron chi connectivity index (χ2n) is 3.13. The molecular weight excluding hydrogens is 196 g/mol. The zero-order chi connectivity index (χ0) is 10.8. The van der Waals surface area contributed by atoms with Crippen molar-refractivity contribution in [3.05, 3.63) is 23.8 Å². The average molecular weight is 208 g/mol. The number of aromatic nitrogens is 1. The fraction of sp³-hybridized carbons (Fsp3) is 0.300. The molecule has 1 aromatic carbocycles. The molecular formula is C10H12N2O3. The number of hydrogen-bond donors (Lipinski definition) is 1. The Kier molecular flexibility index (Phi) is 2.57. The van der Waals surface area contributed by atoms with Crippen LogP contribution in [0.1, 0.15) is 11.9 Å². The van der Waals surface area contributed by atoms with E-state index < -0.39 is 6.29 Å². The van der Waals surface area contributed by atoms with Crippen LogP contribution < -0.4 is 5.73 Å². The van der Waals surface area contributed by atoms with Gasteiger partial charge in [0.25, 0.3) is 0 Å². The molecule has 0 unspecified atom stereocenters. The predicted molar refractivity (Wildman–Crippen MR) is 55.2 cm³/mol. The molecule has 0 saturated carbocycles. The van der Waals surface area contributed by atoms with Gasteiger partial charge in [-0.15, -0.1) is 0 Å². The smallest absolute Gasteiger partial charge is 0.183 e. The molecule has 80 valence electrons. The van der Waals surface area contributed by atoms with Gasteiger partial charge in [-0.25, -0.2) is 0 Å². The van der Waals surface area contributed by atoms with Gasteiger partial charge < -0.3 is 19.7 Å². The standard InChI is InChI=1S/C10H12N2O3/c1-13-10(14-2)6-3-4-7-8(5-6)15-12-9(7)11/h3-5,10H,1-2H3,(H2,11,12). The first kappa shape index (κ1) is 9.95. The van der Waals surface area contributed by atoms with E-state index >= 15 is 0 Å². The number of anilines is 1. The van der Waals surface area contributed by atoms with E-state index in [0.29, 0.717) is 11.4 Å². The molecule has 5 nitrogen and oxygen atoms in total. The van der Waals surface area contributed by atoms with Crippen molar-refractivity contribution in [2.75, 3.05) is 20.0 Å². The second kappa shape index (κ2) is 3.88. The van der Waals surface area contributed by atoms with E-state index in [2.05, 4.69) is 5.16 Å². The molecule has 0 aliphatic heterocycles. The van der Waals surface area contributed by atoms with Gasteiger partial charge in [0.1, 0.15) is 0 Å². The summed E-state index contributed by atoms with van der Waals surface area (Å²) < 4.78 is 15.3. The zero-order valence-electron chi connectivity index (χ0n) is 8.56. The van der Waals surface area contributed by atoms with Gasteiger partial charge in [0.05, 0.1) is 5.39 Å². The molecule has 5 heteroatoms. The minimum absolute atomic E-state index is 0.392. The monoisotopic (exact) mass is 208 g/mol. The molecule has 0 aliphatic carbocycles. The van der Waals surface area contributed by atoms with Crippen LogP contribution in [-0.4, -0.2) is 19.4 Å². The highest BCUT2D eigenvalue weighted by Crippen LogP contribution is 2.25. The fourth-order valence-electron chi connectivity index (χ4n) is 1.49. The quantitative estimate of drug-likeness (QED) is 0.777. The van der Waals surface area contributed by atoms with Gasteiger partial charge in [-0.3, -0.25) is 0 Å². The molecule has 2 aromatic rings. The van der Waals surface area contributed by atoms with Gasteiger partial charge in [-0.05, 0) is 12.1 Å². The van der Waals surface area contributed by atoms with Crippen LogP contribution in [0.3, 0.4) is 0 Å². The molecule has 0 fully saturated rings. The number of nitrogens with zero attached hydrogens (tertiary/aromatic N) is 1. The van der Waals surface area contributed by atoms with Crippen LogP contribution in [0.5, 0.6) is 0 Å². The van der Waals surface area contributed by atoms with E-state index in [1.54, 1.807) is 20.3 Å². The molecule has 0 saturated heterocycles. The van der Waals surface area contributed by atoms with E-state index in [9.17, 15) is 0 Å². The minimum Gasteiger partial charge on any atom is -0.380 e. The maximum Gasteiger partial charge on any atom is 0.183 e. The average Bonchev–Trinajstić information content (AvgIpc) is 2.62. The zero-order valence-corrected chi connectivity index (χ0v) is 8.56. The summed E-state index contributed by atoms with van der Waals surface area (Å²) in [5.74, 6) is 0.392. The summed E-state index contributed by atoms with van der Waals surface area (Å²) in [7, 11) is 3.15. The molecule has 0 radical (unpaired) electrons. The Balaban J connectivity index is 2.46. The Morgan fingerprint density at radius 2 is 2.07 bits per heavy atom. The number of nitrogen functional groups attached to an aromatic ring is 1. The van der Waals surface area contributed by atoms with Crippen molar-refractivity contribution < 1.29 is 14.0 Å². The van der Waals surface area contributed by atoms with E-state index in [1.165, 1.54) is 0 Å². The number of rotatable bonds is 3. The molecule has 0 aliphatic rings.